The van der Waals surface area contributed by atoms with Gasteiger partial charge in [0.15, 0.2) is 5.76 Å². The molecule has 0 saturated carbocycles. The average Bonchev–Trinajstić information content (AvgIpc) is 3.33. The Kier molecular flexibility index (Phi) is 7.24. The minimum atomic E-state index is -3.72. The van der Waals surface area contributed by atoms with Crippen LogP contribution in [0.1, 0.15) is 41.1 Å². The molecule has 3 heterocycles. The van der Waals surface area contributed by atoms with E-state index in [1.54, 1.807) is 30.5 Å². The number of rotatable bonds is 6. The van der Waals surface area contributed by atoms with E-state index in [1.165, 1.54) is 4.31 Å². The largest absolute Gasteiger partial charge is 0.377 e. The molecular formula is C22H29N3O5S2. The van der Waals surface area contributed by atoms with Crippen molar-refractivity contribution in [1.29, 1.82) is 0 Å². The normalized spacial score (nSPS) is 20.4. The molecule has 174 valence electrons. The highest BCUT2D eigenvalue weighted by molar-refractivity contribution is 7.99. The third-order valence-electron chi connectivity index (χ3n) is 5.87. The lowest BCUT2D eigenvalue weighted by Gasteiger charge is -2.23. The van der Waals surface area contributed by atoms with E-state index in [1.807, 2.05) is 24.3 Å². The summed E-state index contributed by atoms with van der Waals surface area (Å²) in [5.41, 5.74) is 1.02. The minimum absolute atomic E-state index is 0.0583. The van der Waals surface area contributed by atoms with E-state index in [0.717, 1.165) is 30.1 Å². The molecule has 1 aromatic carbocycles. The molecule has 0 aliphatic carbocycles. The number of hydrogen-bond donors (Lipinski definition) is 0. The van der Waals surface area contributed by atoms with Crippen LogP contribution in [-0.2, 0) is 14.8 Å². The van der Waals surface area contributed by atoms with Crippen LogP contribution in [0, 0.1) is 13.8 Å². The Balaban J connectivity index is 1.45. The molecule has 2 saturated heterocycles. The van der Waals surface area contributed by atoms with Crippen LogP contribution in [0.5, 0.6) is 0 Å². The van der Waals surface area contributed by atoms with Crippen LogP contribution >= 0.6 is 11.8 Å². The number of aromatic nitrogens is 1. The van der Waals surface area contributed by atoms with Crippen molar-refractivity contribution in [2.75, 3.05) is 38.5 Å². The van der Waals surface area contributed by atoms with Gasteiger partial charge in [0.1, 0.15) is 10.6 Å². The Morgan fingerprint density at radius 1 is 1.16 bits per heavy atom. The first-order valence-electron chi connectivity index (χ1n) is 10.9. The predicted octanol–water partition coefficient (Wildman–Crippen LogP) is 3.10. The lowest BCUT2D eigenvalue weighted by molar-refractivity contribution is 0.0760. The Morgan fingerprint density at radius 2 is 1.97 bits per heavy atom. The summed E-state index contributed by atoms with van der Waals surface area (Å²) in [5.74, 6) is 1.06. The van der Waals surface area contributed by atoms with Gasteiger partial charge in [0.05, 0.1) is 11.7 Å². The zero-order valence-corrected chi connectivity index (χ0v) is 20.1. The Labute approximate surface area is 193 Å². The summed E-state index contributed by atoms with van der Waals surface area (Å²) in [7, 11) is -3.72. The first kappa shape index (κ1) is 23.3. The summed E-state index contributed by atoms with van der Waals surface area (Å²) in [6.45, 7) is 5.49. The monoisotopic (exact) mass is 479 g/mol. The maximum Gasteiger partial charge on any atom is 0.255 e. The van der Waals surface area contributed by atoms with Crippen LogP contribution < -0.4 is 0 Å². The zero-order valence-electron chi connectivity index (χ0n) is 18.5. The van der Waals surface area contributed by atoms with E-state index in [-0.39, 0.29) is 29.2 Å². The van der Waals surface area contributed by atoms with Crippen LogP contribution in [0.3, 0.4) is 0 Å². The molecular weight excluding hydrogens is 450 g/mol. The molecule has 1 unspecified atom stereocenters. The SMILES string of the molecule is Cc1noc(C)c1S(=O)(=O)N1CCCN(C(=O)c2ccccc2SCC2CCCO2)CC1. The second-order valence-corrected chi connectivity index (χ2v) is 11.1. The fourth-order valence-electron chi connectivity index (χ4n) is 4.21. The molecule has 0 bridgehead atoms. The number of carbonyl (C=O) groups is 1. The van der Waals surface area contributed by atoms with Gasteiger partial charge >= 0.3 is 0 Å². The van der Waals surface area contributed by atoms with Crippen LogP contribution in [0.15, 0.2) is 38.6 Å². The fourth-order valence-corrected chi connectivity index (χ4v) is 7.08. The quantitative estimate of drug-likeness (QED) is 0.588. The number of benzene rings is 1. The fraction of sp³-hybridized carbons (Fsp3) is 0.545. The number of hydrogen-bond acceptors (Lipinski definition) is 7. The molecule has 4 rings (SSSR count). The standard InChI is InChI=1S/C22H29N3O5S2/c1-16-21(17(2)30-23-16)32(27,28)25-11-6-10-24(12-13-25)22(26)19-8-3-4-9-20(19)31-15-18-7-5-14-29-18/h3-4,8-9,18H,5-7,10-15H2,1-2H3. The van der Waals surface area contributed by atoms with Crippen molar-refractivity contribution in [2.45, 2.75) is 49.0 Å². The summed E-state index contributed by atoms with van der Waals surface area (Å²) >= 11 is 1.65. The van der Waals surface area contributed by atoms with Crippen LogP contribution in [-0.4, -0.2) is 73.3 Å². The predicted molar refractivity (Wildman–Crippen MR) is 121 cm³/mol. The number of amides is 1. The molecule has 32 heavy (non-hydrogen) atoms. The number of sulfonamides is 1. The van der Waals surface area contributed by atoms with Crippen molar-refractivity contribution in [3.8, 4) is 0 Å². The van der Waals surface area contributed by atoms with Gasteiger partial charge in [0.25, 0.3) is 5.91 Å². The van der Waals surface area contributed by atoms with E-state index < -0.39 is 10.0 Å². The second kappa shape index (κ2) is 9.94. The van der Waals surface area contributed by atoms with Gasteiger partial charge in [0, 0.05) is 43.4 Å². The van der Waals surface area contributed by atoms with E-state index in [2.05, 4.69) is 5.16 Å². The maximum atomic E-state index is 13.4. The molecule has 10 heteroatoms. The van der Waals surface area contributed by atoms with Gasteiger partial charge in [-0.1, -0.05) is 17.3 Å². The number of aryl methyl sites for hydroxylation is 2. The molecule has 0 spiro atoms. The summed E-state index contributed by atoms with van der Waals surface area (Å²) in [5, 5.41) is 3.78. The lowest BCUT2D eigenvalue weighted by atomic mass is 10.2. The third-order valence-corrected chi connectivity index (χ3v) is 9.22. The molecule has 2 fully saturated rings. The molecule has 2 aliphatic rings. The number of carbonyl (C=O) groups excluding carboxylic acids is 1. The van der Waals surface area contributed by atoms with Crippen molar-refractivity contribution in [3.05, 3.63) is 41.3 Å². The molecule has 1 amide bonds. The van der Waals surface area contributed by atoms with Gasteiger partial charge < -0.3 is 14.2 Å². The van der Waals surface area contributed by atoms with Crippen LogP contribution in [0.2, 0.25) is 0 Å². The van der Waals surface area contributed by atoms with Gasteiger partial charge in [-0.25, -0.2) is 8.42 Å². The van der Waals surface area contributed by atoms with Crippen molar-refractivity contribution >= 4 is 27.7 Å². The second-order valence-electron chi connectivity index (χ2n) is 8.15. The average molecular weight is 480 g/mol. The van der Waals surface area contributed by atoms with Crippen molar-refractivity contribution < 1.29 is 22.5 Å². The summed E-state index contributed by atoms with van der Waals surface area (Å²) in [6.07, 6.45) is 2.96. The Bertz CT molecular complexity index is 1040. The highest BCUT2D eigenvalue weighted by atomic mass is 32.2. The Morgan fingerprint density at radius 3 is 2.69 bits per heavy atom. The Hall–Kier alpha value is -1.88. The van der Waals surface area contributed by atoms with Gasteiger partial charge in [-0.3, -0.25) is 4.79 Å². The number of nitrogens with zero attached hydrogens (tertiary/aromatic N) is 3. The van der Waals surface area contributed by atoms with Crippen LogP contribution in [0.4, 0.5) is 0 Å². The molecule has 8 nitrogen and oxygen atoms in total. The third kappa shape index (κ3) is 4.88. The van der Waals surface area contributed by atoms with Crippen molar-refractivity contribution in [2.24, 2.45) is 0 Å². The van der Waals surface area contributed by atoms with E-state index in [9.17, 15) is 13.2 Å². The summed E-state index contributed by atoms with van der Waals surface area (Å²) < 4.78 is 38.5. The molecule has 1 atom stereocenters. The van der Waals surface area contributed by atoms with Gasteiger partial charge in [-0.05, 0) is 45.2 Å². The van der Waals surface area contributed by atoms with Gasteiger partial charge in [-0.15, -0.1) is 11.8 Å². The first-order chi connectivity index (χ1) is 15.4. The molecule has 0 radical (unpaired) electrons. The smallest absolute Gasteiger partial charge is 0.255 e. The highest BCUT2D eigenvalue weighted by Gasteiger charge is 2.33. The zero-order chi connectivity index (χ0) is 22.7. The van der Waals surface area contributed by atoms with E-state index in [0.29, 0.717) is 37.3 Å². The van der Waals surface area contributed by atoms with Crippen LogP contribution in [0.25, 0.3) is 0 Å². The molecule has 1 aromatic heterocycles. The summed E-state index contributed by atoms with van der Waals surface area (Å²) in [6, 6.07) is 7.63. The summed E-state index contributed by atoms with van der Waals surface area (Å²) in [4.78, 5) is 16.2. The van der Waals surface area contributed by atoms with Crippen molar-refractivity contribution in [3.63, 3.8) is 0 Å². The lowest BCUT2D eigenvalue weighted by Crippen LogP contribution is -2.37. The van der Waals surface area contributed by atoms with Gasteiger partial charge in [0.2, 0.25) is 10.0 Å². The van der Waals surface area contributed by atoms with E-state index in [4.69, 9.17) is 9.26 Å². The molecule has 2 aliphatic heterocycles. The number of ether oxygens (including phenoxy) is 1. The topological polar surface area (TPSA) is 93.0 Å². The van der Waals surface area contributed by atoms with Crippen molar-refractivity contribution in [1.82, 2.24) is 14.4 Å². The molecule has 0 N–H and O–H groups in total. The highest BCUT2D eigenvalue weighted by Crippen LogP contribution is 2.29. The molecule has 2 aromatic rings. The minimum Gasteiger partial charge on any atom is -0.377 e. The first-order valence-corrected chi connectivity index (χ1v) is 13.4. The van der Waals surface area contributed by atoms with E-state index >= 15 is 0 Å². The van der Waals surface area contributed by atoms with Gasteiger partial charge in [-0.2, -0.15) is 4.31 Å². The number of thioether (sulfide) groups is 1. The maximum absolute atomic E-state index is 13.4.